The molecule has 0 atom stereocenters. The number of hydrogen-bond donors (Lipinski definition) is 1. The van der Waals surface area contributed by atoms with Crippen LogP contribution < -0.4 is 8.92 Å². The highest BCUT2D eigenvalue weighted by Gasteiger charge is 2.23. The predicted octanol–water partition coefficient (Wildman–Crippen LogP) is 2.29. The monoisotopic (exact) mass is 322 g/mol. The number of phenolic OH excluding ortho intramolecular Hbond substituents is 1. The van der Waals surface area contributed by atoms with Crippen molar-refractivity contribution in [2.24, 2.45) is 0 Å². The van der Waals surface area contributed by atoms with E-state index < -0.39 is 21.6 Å². The van der Waals surface area contributed by atoms with Crippen LogP contribution in [-0.2, 0) is 10.1 Å². The lowest BCUT2D eigenvalue weighted by Crippen LogP contribution is -2.11. The molecule has 116 valence electrons. The van der Waals surface area contributed by atoms with E-state index in [2.05, 4.69) is 0 Å². The Morgan fingerprint density at radius 3 is 2.27 bits per heavy atom. The van der Waals surface area contributed by atoms with E-state index >= 15 is 0 Å². The van der Waals surface area contributed by atoms with Gasteiger partial charge in [-0.25, -0.2) is 0 Å². The number of aldehydes is 1. The number of carbonyl (C=O) groups excluding carboxylic acids is 1. The third-order valence-corrected chi connectivity index (χ3v) is 4.21. The molecule has 0 spiro atoms. The van der Waals surface area contributed by atoms with Crippen molar-refractivity contribution in [1.29, 1.82) is 0 Å². The Kier molecular flexibility index (Phi) is 4.37. The van der Waals surface area contributed by atoms with Crippen LogP contribution in [0, 0.1) is 6.92 Å². The first-order valence-corrected chi connectivity index (χ1v) is 7.66. The number of benzene rings is 2. The van der Waals surface area contributed by atoms with E-state index in [4.69, 9.17) is 8.92 Å². The van der Waals surface area contributed by atoms with Gasteiger partial charge in [-0.2, -0.15) is 8.42 Å². The quantitative estimate of drug-likeness (QED) is 0.671. The second kappa shape index (κ2) is 6.07. The van der Waals surface area contributed by atoms with E-state index in [1.807, 2.05) is 6.92 Å². The van der Waals surface area contributed by atoms with Crippen LogP contribution >= 0.6 is 0 Å². The number of hydrogen-bond acceptors (Lipinski definition) is 6. The van der Waals surface area contributed by atoms with Gasteiger partial charge in [0, 0.05) is 0 Å². The standard InChI is InChI=1S/C15H14O6S/c1-10-3-6-12(7-4-10)22(18,19)21-15-11(9-16)5-8-13(20-2)14(15)17/h3-9,17H,1-2H3. The first kappa shape index (κ1) is 15.8. The molecule has 6 nitrogen and oxygen atoms in total. The first-order valence-electron chi connectivity index (χ1n) is 6.25. The molecule has 0 saturated heterocycles. The van der Waals surface area contributed by atoms with Crippen molar-refractivity contribution in [3.05, 3.63) is 47.5 Å². The molecule has 0 unspecified atom stereocenters. The Labute approximate surface area is 128 Å². The predicted molar refractivity (Wildman–Crippen MR) is 79.0 cm³/mol. The summed E-state index contributed by atoms with van der Waals surface area (Å²) in [6, 6.07) is 8.62. The van der Waals surface area contributed by atoms with Gasteiger partial charge in [0.2, 0.25) is 5.75 Å². The molecule has 0 aliphatic heterocycles. The van der Waals surface area contributed by atoms with Gasteiger partial charge < -0.3 is 14.0 Å². The molecule has 0 bridgehead atoms. The molecule has 0 heterocycles. The molecule has 0 aromatic heterocycles. The fourth-order valence-corrected chi connectivity index (χ4v) is 2.74. The van der Waals surface area contributed by atoms with Crippen LogP contribution in [0.25, 0.3) is 0 Å². The maximum absolute atomic E-state index is 12.2. The van der Waals surface area contributed by atoms with Crippen molar-refractivity contribution in [3.8, 4) is 17.2 Å². The molecule has 22 heavy (non-hydrogen) atoms. The normalized spacial score (nSPS) is 11.0. The third kappa shape index (κ3) is 3.04. The zero-order valence-electron chi connectivity index (χ0n) is 11.9. The third-order valence-electron chi connectivity index (χ3n) is 2.97. The number of methoxy groups -OCH3 is 1. The fourth-order valence-electron chi connectivity index (χ4n) is 1.78. The Morgan fingerprint density at radius 2 is 1.73 bits per heavy atom. The minimum Gasteiger partial charge on any atom is -0.502 e. The van der Waals surface area contributed by atoms with Gasteiger partial charge in [0.05, 0.1) is 12.7 Å². The zero-order valence-corrected chi connectivity index (χ0v) is 12.8. The van der Waals surface area contributed by atoms with Gasteiger partial charge in [-0.1, -0.05) is 17.7 Å². The maximum Gasteiger partial charge on any atom is 0.339 e. The van der Waals surface area contributed by atoms with E-state index in [9.17, 15) is 18.3 Å². The topological polar surface area (TPSA) is 89.9 Å². The molecule has 7 heteroatoms. The summed E-state index contributed by atoms with van der Waals surface area (Å²) < 4.78 is 34.3. The summed E-state index contributed by atoms with van der Waals surface area (Å²) in [6.07, 6.45) is 0.388. The lowest BCUT2D eigenvalue weighted by Gasteiger charge is -2.12. The summed E-state index contributed by atoms with van der Waals surface area (Å²) in [5.74, 6) is -1.02. The van der Waals surface area contributed by atoms with Gasteiger partial charge in [-0.3, -0.25) is 4.79 Å². The Hall–Kier alpha value is -2.54. The van der Waals surface area contributed by atoms with Crippen LogP contribution in [0.2, 0.25) is 0 Å². The van der Waals surface area contributed by atoms with Crippen LogP contribution in [0.5, 0.6) is 17.2 Å². The van der Waals surface area contributed by atoms with Crippen molar-refractivity contribution < 1.29 is 27.2 Å². The molecule has 0 radical (unpaired) electrons. The summed E-state index contributed by atoms with van der Waals surface area (Å²) in [5, 5.41) is 9.98. The summed E-state index contributed by atoms with van der Waals surface area (Å²) in [7, 11) is -2.89. The lowest BCUT2D eigenvalue weighted by molar-refractivity contribution is 0.112. The van der Waals surface area contributed by atoms with E-state index in [0.29, 0.717) is 6.29 Å². The van der Waals surface area contributed by atoms with E-state index in [-0.39, 0.29) is 16.2 Å². The van der Waals surface area contributed by atoms with E-state index in [0.717, 1.165) is 5.56 Å². The highest BCUT2D eigenvalue weighted by atomic mass is 32.2. The van der Waals surface area contributed by atoms with Crippen molar-refractivity contribution >= 4 is 16.4 Å². The van der Waals surface area contributed by atoms with Crippen LogP contribution in [0.4, 0.5) is 0 Å². The molecule has 0 aliphatic rings. The number of aryl methyl sites for hydroxylation is 1. The zero-order chi connectivity index (χ0) is 16.3. The highest BCUT2D eigenvalue weighted by Crippen LogP contribution is 2.39. The largest absolute Gasteiger partial charge is 0.502 e. The molecule has 0 aliphatic carbocycles. The average molecular weight is 322 g/mol. The second-order valence-corrected chi connectivity index (χ2v) is 6.05. The summed E-state index contributed by atoms with van der Waals surface area (Å²) in [4.78, 5) is 10.9. The van der Waals surface area contributed by atoms with Crippen molar-refractivity contribution in [3.63, 3.8) is 0 Å². The Bertz CT molecular complexity index is 794. The minimum atomic E-state index is -4.18. The van der Waals surface area contributed by atoms with Gasteiger partial charge in [-0.05, 0) is 31.2 Å². The molecular weight excluding hydrogens is 308 g/mol. The summed E-state index contributed by atoms with van der Waals surface area (Å²) in [6.45, 7) is 1.82. The number of phenols is 1. The van der Waals surface area contributed by atoms with Crippen molar-refractivity contribution in [1.82, 2.24) is 0 Å². The van der Waals surface area contributed by atoms with Crippen LogP contribution in [0.3, 0.4) is 0 Å². The maximum atomic E-state index is 12.2. The molecule has 1 N–H and O–H groups in total. The average Bonchev–Trinajstić information content (AvgIpc) is 2.49. The van der Waals surface area contributed by atoms with Gasteiger partial charge >= 0.3 is 10.1 Å². The van der Waals surface area contributed by atoms with Crippen LogP contribution in [0.15, 0.2) is 41.3 Å². The number of rotatable bonds is 5. The molecule has 2 aromatic carbocycles. The van der Waals surface area contributed by atoms with Gasteiger partial charge in [0.15, 0.2) is 17.8 Å². The van der Waals surface area contributed by atoms with E-state index in [1.54, 1.807) is 12.1 Å². The Balaban J connectivity index is 2.49. The van der Waals surface area contributed by atoms with Crippen molar-refractivity contribution in [2.45, 2.75) is 11.8 Å². The molecule has 2 rings (SSSR count). The van der Waals surface area contributed by atoms with Gasteiger partial charge in [-0.15, -0.1) is 0 Å². The van der Waals surface area contributed by atoms with Crippen molar-refractivity contribution in [2.75, 3.05) is 7.11 Å². The second-order valence-electron chi connectivity index (χ2n) is 4.50. The van der Waals surface area contributed by atoms with E-state index in [1.165, 1.54) is 31.4 Å². The molecule has 0 fully saturated rings. The number of aromatic hydroxyl groups is 1. The van der Waals surface area contributed by atoms with Crippen LogP contribution in [-0.4, -0.2) is 26.9 Å². The molecule has 0 saturated carbocycles. The number of carbonyl (C=O) groups is 1. The molecule has 2 aromatic rings. The minimum absolute atomic E-state index is 0.000272. The smallest absolute Gasteiger partial charge is 0.339 e. The highest BCUT2D eigenvalue weighted by molar-refractivity contribution is 7.87. The fraction of sp³-hybridized carbons (Fsp3) is 0.133. The summed E-state index contributed by atoms with van der Waals surface area (Å²) in [5.41, 5.74) is 0.783. The van der Waals surface area contributed by atoms with Gasteiger partial charge in [0.1, 0.15) is 4.90 Å². The number of ether oxygens (including phenoxy) is 1. The van der Waals surface area contributed by atoms with Gasteiger partial charge in [0.25, 0.3) is 0 Å². The SMILES string of the molecule is COc1ccc(C=O)c(OS(=O)(=O)c2ccc(C)cc2)c1O. The molecular formula is C15H14O6S. The van der Waals surface area contributed by atoms with Crippen LogP contribution in [0.1, 0.15) is 15.9 Å². The lowest BCUT2D eigenvalue weighted by atomic mass is 10.2. The molecule has 0 amide bonds. The summed E-state index contributed by atoms with van der Waals surface area (Å²) >= 11 is 0. The first-order chi connectivity index (χ1) is 10.4. The Morgan fingerprint density at radius 1 is 1.09 bits per heavy atom.